The van der Waals surface area contributed by atoms with Crippen molar-refractivity contribution < 1.29 is 9.13 Å². The van der Waals surface area contributed by atoms with E-state index in [-0.39, 0.29) is 5.82 Å². The molecule has 1 aromatic heterocycles. The number of methoxy groups -OCH3 is 1. The lowest BCUT2D eigenvalue weighted by Gasteiger charge is -2.09. The van der Waals surface area contributed by atoms with Crippen molar-refractivity contribution in [3.8, 4) is 11.4 Å². The molecule has 0 amide bonds. The molecular weight excluding hydrogens is 372 g/mol. The number of hydrogen-bond donors (Lipinski definition) is 1. The van der Waals surface area contributed by atoms with E-state index in [9.17, 15) is 4.39 Å². The highest BCUT2D eigenvalue weighted by atomic mass is 127. The maximum absolute atomic E-state index is 13.2. The van der Waals surface area contributed by atoms with E-state index < -0.39 is 0 Å². The van der Waals surface area contributed by atoms with Crippen molar-refractivity contribution in [2.45, 2.75) is 0 Å². The van der Waals surface area contributed by atoms with Gasteiger partial charge in [-0.1, -0.05) is 0 Å². The number of hydrogen-bond acceptors (Lipinski definition) is 3. The smallest absolute Gasteiger partial charge is 0.205 e. The van der Waals surface area contributed by atoms with Crippen LogP contribution in [0.2, 0.25) is 0 Å². The number of benzene rings is 2. The van der Waals surface area contributed by atoms with E-state index in [1.807, 2.05) is 18.2 Å². The van der Waals surface area contributed by atoms with Crippen LogP contribution in [-0.4, -0.2) is 16.7 Å². The maximum atomic E-state index is 13.2. The zero-order valence-corrected chi connectivity index (χ0v) is 12.8. The molecule has 0 aliphatic heterocycles. The number of fused-ring (bicyclic) bond motifs is 1. The second kappa shape index (κ2) is 4.93. The number of nitrogen functional groups attached to an aromatic ring is 1. The van der Waals surface area contributed by atoms with Crippen LogP contribution in [0.1, 0.15) is 0 Å². The molecule has 0 bridgehead atoms. The molecule has 0 aliphatic carbocycles. The highest BCUT2D eigenvalue weighted by Gasteiger charge is 2.13. The van der Waals surface area contributed by atoms with Gasteiger partial charge in [-0.05, 0) is 52.9 Å². The van der Waals surface area contributed by atoms with Crippen LogP contribution in [0.25, 0.3) is 16.7 Å². The fraction of sp³-hybridized carbons (Fsp3) is 0.0714. The minimum absolute atomic E-state index is 0.279. The summed E-state index contributed by atoms with van der Waals surface area (Å²) in [6, 6.07) is 10.1. The Labute approximate surface area is 128 Å². The largest absolute Gasteiger partial charge is 0.497 e. The molecule has 1 heterocycles. The Balaban J connectivity index is 2.31. The van der Waals surface area contributed by atoms with E-state index in [0.717, 1.165) is 26.0 Å². The molecule has 0 aliphatic rings. The predicted molar refractivity (Wildman–Crippen MR) is 84.7 cm³/mol. The van der Waals surface area contributed by atoms with E-state index in [1.165, 1.54) is 12.1 Å². The lowest BCUT2D eigenvalue weighted by molar-refractivity contribution is 0.415. The molecule has 0 fully saturated rings. The van der Waals surface area contributed by atoms with Gasteiger partial charge in [0.2, 0.25) is 5.95 Å². The average molecular weight is 383 g/mol. The molecule has 3 rings (SSSR count). The number of rotatable bonds is 2. The summed E-state index contributed by atoms with van der Waals surface area (Å²) in [5, 5.41) is 0. The number of anilines is 1. The summed E-state index contributed by atoms with van der Waals surface area (Å²) in [4.78, 5) is 4.32. The molecule has 102 valence electrons. The van der Waals surface area contributed by atoms with Crippen LogP contribution in [0.3, 0.4) is 0 Å². The zero-order valence-electron chi connectivity index (χ0n) is 10.6. The van der Waals surface area contributed by atoms with Gasteiger partial charge in [0, 0.05) is 9.64 Å². The Morgan fingerprint density at radius 2 is 2.05 bits per heavy atom. The van der Waals surface area contributed by atoms with Crippen molar-refractivity contribution in [2.24, 2.45) is 0 Å². The van der Waals surface area contributed by atoms with Crippen molar-refractivity contribution in [3.63, 3.8) is 0 Å². The quantitative estimate of drug-likeness (QED) is 0.691. The number of halogens is 2. The number of imidazole rings is 1. The molecule has 0 radical (unpaired) electrons. The SMILES string of the molecule is COc1ccc2nc(N)n(-c3ccc(F)cc3I)c2c1. The predicted octanol–water partition coefficient (Wildman–Crippen LogP) is 3.36. The monoisotopic (exact) mass is 383 g/mol. The van der Waals surface area contributed by atoms with Gasteiger partial charge in [0.1, 0.15) is 11.6 Å². The van der Waals surface area contributed by atoms with Crippen LogP contribution in [0.15, 0.2) is 36.4 Å². The zero-order chi connectivity index (χ0) is 14.3. The van der Waals surface area contributed by atoms with Crippen LogP contribution in [-0.2, 0) is 0 Å². The van der Waals surface area contributed by atoms with Gasteiger partial charge in [-0.25, -0.2) is 9.37 Å². The average Bonchev–Trinajstić information content (AvgIpc) is 2.74. The van der Waals surface area contributed by atoms with Crippen LogP contribution in [0, 0.1) is 9.39 Å². The molecule has 6 heteroatoms. The third kappa shape index (κ3) is 2.09. The Bertz CT molecular complexity index is 800. The van der Waals surface area contributed by atoms with Gasteiger partial charge in [-0.15, -0.1) is 0 Å². The Morgan fingerprint density at radius 1 is 1.25 bits per heavy atom. The summed E-state index contributed by atoms with van der Waals surface area (Å²) < 4.78 is 21.0. The van der Waals surface area contributed by atoms with Gasteiger partial charge < -0.3 is 10.5 Å². The molecule has 0 saturated heterocycles. The fourth-order valence-corrected chi connectivity index (χ4v) is 2.83. The van der Waals surface area contributed by atoms with Crippen molar-refractivity contribution in [1.29, 1.82) is 0 Å². The highest BCUT2D eigenvalue weighted by molar-refractivity contribution is 14.1. The molecule has 2 aromatic carbocycles. The number of ether oxygens (including phenoxy) is 1. The van der Waals surface area contributed by atoms with Gasteiger partial charge in [-0.2, -0.15) is 0 Å². The van der Waals surface area contributed by atoms with E-state index in [2.05, 4.69) is 27.6 Å². The van der Waals surface area contributed by atoms with Crippen molar-refractivity contribution >= 4 is 39.6 Å². The Morgan fingerprint density at radius 3 is 2.75 bits per heavy atom. The summed E-state index contributed by atoms with van der Waals surface area (Å²) in [6.45, 7) is 0. The molecule has 4 nitrogen and oxygen atoms in total. The highest BCUT2D eigenvalue weighted by Crippen LogP contribution is 2.29. The van der Waals surface area contributed by atoms with Crippen molar-refractivity contribution in [3.05, 3.63) is 45.8 Å². The molecule has 0 atom stereocenters. The van der Waals surface area contributed by atoms with E-state index in [0.29, 0.717) is 5.95 Å². The van der Waals surface area contributed by atoms with Gasteiger partial charge in [-0.3, -0.25) is 4.57 Å². The molecule has 2 N–H and O–H groups in total. The van der Waals surface area contributed by atoms with E-state index in [1.54, 1.807) is 17.7 Å². The summed E-state index contributed by atoms with van der Waals surface area (Å²) >= 11 is 2.08. The Kier molecular flexibility index (Phi) is 3.25. The topological polar surface area (TPSA) is 53.1 Å². The second-order valence-corrected chi connectivity index (χ2v) is 5.42. The van der Waals surface area contributed by atoms with Gasteiger partial charge >= 0.3 is 0 Å². The van der Waals surface area contributed by atoms with Crippen LogP contribution >= 0.6 is 22.6 Å². The molecule has 20 heavy (non-hydrogen) atoms. The van der Waals surface area contributed by atoms with Gasteiger partial charge in [0.15, 0.2) is 0 Å². The normalized spacial score (nSPS) is 10.9. The minimum atomic E-state index is -0.279. The first-order valence-corrected chi connectivity index (χ1v) is 6.95. The number of nitrogens with two attached hydrogens (primary N) is 1. The Hall–Kier alpha value is -1.83. The first-order valence-electron chi connectivity index (χ1n) is 5.87. The number of aromatic nitrogens is 2. The summed E-state index contributed by atoms with van der Waals surface area (Å²) in [5.74, 6) is 0.798. The van der Waals surface area contributed by atoms with Crippen LogP contribution in [0.5, 0.6) is 5.75 Å². The molecular formula is C14H11FIN3O. The summed E-state index contributed by atoms with van der Waals surface area (Å²) in [6.07, 6.45) is 0. The summed E-state index contributed by atoms with van der Waals surface area (Å²) in [5.41, 5.74) is 8.38. The lowest BCUT2D eigenvalue weighted by atomic mass is 10.2. The van der Waals surface area contributed by atoms with E-state index in [4.69, 9.17) is 10.5 Å². The maximum Gasteiger partial charge on any atom is 0.205 e. The van der Waals surface area contributed by atoms with Crippen molar-refractivity contribution in [2.75, 3.05) is 12.8 Å². The fourth-order valence-electron chi connectivity index (χ4n) is 2.12. The number of nitrogens with zero attached hydrogens (tertiary/aromatic N) is 2. The standard InChI is InChI=1S/C14H11FIN3O/c1-20-9-3-4-11-13(7-9)19(14(17)18-11)12-5-2-8(15)6-10(12)16/h2-7H,1H3,(H2,17,18). The second-order valence-electron chi connectivity index (χ2n) is 4.26. The molecule has 3 aromatic rings. The lowest BCUT2D eigenvalue weighted by Crippen LogP contribution is -2.02. The van der Waals surface area contributed by atoms with Gasteiger partial charge in [0.05, 0.1) is 23.8 Å². The first kappa shape index (κ1) is 13.2. The molecule has 0 unspecified atom stereocenters. The van der Waals surface area contributed by atoms with E-state index >= 15 is 0 Å². The van der Waals surface area contributed by atoms with Gasteiger partial charge in [0.25, 0.3) is 0 Å². The van der Waals surface area contributed by atoms with Crippen LogP contribution in [0.4, 0.5) is 10.3 Å². The summed E-state index contributed by atoms with van der Waals surface area (Å²) in [7, 11) is 1.60. The first-order chi connectivity index (χ1) is 9.60. The third-order valence-electron chi connectivity index (χ3n) is 3.04. The third-order valence-corrected chi connectivity index (χ3v) is 3.90. The van der Waals surface area contributed by atoms with Crippen molar-refractivity contribution in [1.82, 2.24) is 9.55 Å². The molecule has 0 spiro atoms. The molecule has 0 saturated carbocycles. The van der Waals surface area contributed by atoms with Crippen LogP contribution < -0.4 is 10.5 Å². The minimum Gasteiger partial charge on any atom is -0.497 e.